The molecule has 2 aromatic carbocycles. The van der Waals surface area contributed by atoms with Crippen molar-refractivity contribution >= 4 is 44.5 Å². The molecule has 0 bridgehead atoms. The van der Waals surface area contributed by atoms with E-state index in [1.54, 1.807) is 13.3 Å². The van der Waals surface area contributed by atoms with Crippen molar-refractivity contribution in [1.29, 1.82) is 0 Å². The Morgan fingerprint density at radius 3 is 2.46 bits per heavy atom. The van der Waals surface area contributed by atoms with Gasteiger partial charge in [0.1, 0.15) is 22.8 Å². The highest BCUT2D eigenvalue weighted by atomic mass is 79.9. The van der Waals surface area contributed by atoms with Crippen molar-refractivity contribution in [3.05, 3.63) is 71.6 Å². The first-order chi connectivity index (χ1) is 13.5. The number of thioether (sulfide) groups is 1. The van der Waals surface area contributed by atoms with Crippen LogP contribution < -0.4 is 0 Å². The molecule has 4 nitrogen and oxygen atoms in total. The van der Waals surface area contributed by atoms with Gasteiger partial charge in [0.25, 0.3) is 0 Å². The van der Waals surface area contributed by atoms with Crippen LogP contribution in [0.25, 0.3) is 27.8 Å². The third-order valence-corrected chi connectivity index (χ3v) is 6.35. The van der Waals surface area contributed by atoms with Crippen molar-refractivity contribution in [2.75, 3.05) is 0 Å². The average molecular weight is 452 g/mol. The van der Waals surface area contributed by atoms with Crippen molar-refractivity contribution in [1.82, 2.24) is 14.5 Å². The molecule has 0 unspecified atom stereocenters. The highest BCUT2D eigenvalue weighted by Gasteiger charge is 2.20. The Bertz CT molecular complexity index is 1140. The van der Waals surface area contributed by atoms with Crippen LogP contribution in [0.3, 0.4) is 0 Å². The number of halogens is 1. The van der Waals surface area contributed by atoms with Crippen LogP contribution in [0.5, 0.6) is 0 Å². The van der Waals surface area contributed by atoms with E-state index >= 15 is 0 Å². The summed E-state index contributed by atoms with van der Waals surface area (Å²) in [6.45, 7) is 3.52. The maximum Gasteiger partial charge on any atom is 0.149 e. The number of carbonyl (C=O) groups is 1. The Hall–Kier alpha value is -2.44. The van der Waals surface area contributed by atoms with Crippen molar-refractivity contribution in [3.8, 4) is 16.8 Å². The number of nitrogens with zero attached hydrogens (tertiary/aromatic N) is 3. The lowest BCUT2D eigenvalue weighted by Gasteiger charge is -2.09. The Labute approximate surface area is 176 Å². The van der Waals surface area contributed by atoms with E-state index in [2.05, 4.69) is 48.8 Å². The van der Waals surface area contributed by atoms with Crippen LogP contribution in [0, 0.1) is 0 Å². The van der Waals surface area contributed by atoms with E-state index in [0.29, 0.717) is 0 Å². The Kier molecular flexibility index (Phi) is 5.33. The Balaban J connectivity index is 1.97. The molecule has 0 radical (unpaired) electrons. The Morgan fingerprint density at radius 1 is 1.07 bits per heavy atom. The lowest BCUT2D eigenvalue weighted by atomic mass is 10.1. The van der Waals surface area contributed by atoms with Crippen LogP contribution in [0.2, 0.25) is 0 Å². The van der Waals surface area contributed by atoms with Gasteiger partial charge in [0.2, 0.25) is 0 Å². The fourth-order valence-corrected chi connectivity index (χ4v) is 4.20. The van der Waals surface area contributed by atoms with Crippen LogP contribution >= 0.6 is 27.7 Å². The molecule has 140 valence electrons. The van der Waals surface area contributed by atoms with Crippen LogP contribution in [0.1, 0.15) is 13.8 Å². The van der Waals surface area contributed by atoms with Crippen molar-refractivity contribution in [3.63, 3.8) is 0 Å². The molecule has 1 atom stereocenters. The number of carbonyl (C=O) groups excluding carboxylic acids is 1. The van der Waals surface area contributed by atoms with Gasteiger partial charge in [-0.25, -0.2) is 9.97 Å². The predicted octanol–water partition coefficient (Wildman–Crippen LogP) is 5.92. The first-order valence-corrected chi connectivity index (χ1v) is 10.6. The predicted molar refractivity (Wildman–Crippen MR) is 118 cm³/mol. The van der Waals surface area contributed by atoms with E-state index in [0.717, 1.165) is 37.3 Å². The quantitative estimate of drug-likeness (QED) is 0.279. The van der Waals surface area contributed by atoms with Gasteiger partial charge < -0.3 is 4.57 Å². The van der Waals surface area contributed by atoms with E-state index in [4.69, 9.17) is 0 Å². The number of hydrogen-bond donors (Lipinski definition) is 0. The number of benzene rings is 2. The summed E-state index contributed by atoms with van der Waals surface area (Å²) in [5, 5.41) is 1.62. The summed E-state index contributed by atoms with van der Waals surface area (Å²) in [5.74, 6) is 0.130. The highest BCUT2D eigenvalue weighted by Crippen LogP contribution is 2.38. The third kappa shape index (κ3) is 3.62. The first kappa shape index (κ1) is 18.9. The molecule has 0 saturated heterocycles. The molecule has 0 aliphatic heterocycles. The summed E-state index contributed by atoms with van der Waals surface area (Å²) < 4.78 is 3.10. The second-order valence-corrected chi connectivity index (χ2v) is 8.75. The largest absolute Gasteiger partial charge is 0.301 e. The van der Waals surface area contributed by atoms with E-state index in [1.165, 1.54) is 11.8 Å². The Morgan fingerprint density at radius 2 is 1.79 bits per heavy atom. The fourth-order valence-electron chi connectivity index (χ4n) is 3.01. The zero-order valence-electron chi connectivity index (χ0n) is 15.5. The van der Waals surface area contributed by atoms with E-state index < -0.39 is 0 Å². The molecular formula is C22H18BrN3OS. The molecule has 0 amide bonds. The number of aromatic nitrogens is 3. The minimum absolute atomic E-state index is 0.130. The van der Waals surface area contributed by atoms with Gasteiger partial charge in [-0.3, -0.25) is 4.79 Å². The smallest absolute Gasteiger partial charge is 0.149 e. The number of Topliss-reactive ketones (excluding diaryl/α,β-unsaturated/α-hetero) is 1. The van der Waals surface area contributed by atoms with Crippen LogP contribution in [-0.2, 0) is 4.79 Å². The second kappa shape index (κ2) is 7.89. The molecule has 6 heteroatoms. The average Bonchev–Trinajstić information content (AvgIpc) is 3.10. The lowest BCUT2D eigenvalue weighted by molar-refractivity contribution is -0.116. The van der Waals surface area contributed by atoms with Crippen molar-refractivity contribution < 1.29 is 4.79 Å². The zero-order valence-corrected chi connectivity index (χ0v) is 17.9. The molecule has 0 saturated carbocycles. The van der Waals surface area contributed by atoms with Gasteiger partial charge in [0, 0.05) is 21.9 Å². The number of ketones is 1. The van der Waals surface area contributed by atoms with E-state index in [1.807, 2.05) is 49.4 Å². The fraction of sp³-hybridized carbons (Fsp3) is 0.136. The normalized spacial score (nSPS) is 12.2. The molecule has 2 aromatic heterocycles. The molecule has 28 heavy (non-hydrogen) atoms. The topological polar surface area (TPSA) is 47.8 Å². The van der Waals surface area contributed by atoms with Gasteiger partial charge in [-0.15, -0.1) is 0 Å². The van der Waals surface area contributed by atoms with Gasteiger partial charge in [0.05, 0.1) is 10.6 Å². The zero-order chi connectivity index (χ0) is 19.7. The van der Waals surface area contributed by atoms with Crippen LogP contribution in [-0.4, -0.2) is 25.6 Å². The van der Waals surface area contributed by atoms with Crippen LogP contribution in [0.4, 0.5) is 0 Å². The SMILES string of the molecule is CC(=O)[C@@H](C)Sc1ncnc2c1c(-c1ccccc1)cn2-c1ccc(Br)cc1. The molecule has 0 spiro atoms. The monoisotopic (exact) mass is 451 g/mol. The molecule has 0 N–H and O–H groups in total. The number of rotatable bonds is 5. The molecular weight excluding hydrogens is 434 g/mol. The maximum absolute atomic E-state index is 11.8. The summed E-state index contributed by atoms with van der Waals surface area (Å²) in [7, 11) is 0. The van der Waals surface area contributed by atoms with Gasteiger partial charge in [-0.2, -0.15) is 0 Å². The summed E-state index contributed by atoms with van der Waals surface area (Å²) in [4.78, 5) is 20.9. The van der Waals surface area contributed by atoms with Gasteiger partial charge >= 0.3 is 0 Å². The molecule has 0 aliphatic carbocycles. The molecule has 0 aliphatic rings. The van der Waals surface area contributed by atoms with Gasteiger partial charge in [-0.1, -0.05) is 58.0 Å². The lowest BCUT2D eigenvalue weighted by Crippen LogP contribution is -2.08. The maximum atomic E-state index is 11.8. The summed E-state index contributed by atoms with van der Waals surface area (Å²) in [6, 6.07) is 18.3. The standard InChI is InChI=1S/C22H18BrN3OS/c1-14(27)15(2)28-22-20-19(16-6-4-3-5-7-16)12-26(21(20)24-13-25-22)18-10-8-17(23)9-11-18/h3-13,15H,1-2H3/t15-/m1/s1. The van der Waals surface area contributed by atoms with Crippen molar-refractivity contribution in [2.45, 2.75) is 24.1 Å². The summed E-state index contributed by atoms with van der Waals surface area (Å²) in [5.41, 5.74) is 3.99. The molecule has 0 fully saturated rings. The second-order valence-electron chi connectivity index (χ2n) is 6.50. The highest BCUT2D eigenvalue weighted by molar-refractivity contribution is 9.10. The minimum Gasteiger partial charge on any atom is -0.301 e. The number of hydrogen-bond acceptors (Lipinski definition) is 4. The van der Waals surface area contributed by atoms with Gasteiger partial charge in [0.15, 0.2) is 0 Å². The van der Waals surface area contributed by atoms with Crippen LogP contribution in [0.15, 0.2) is 76.6 Å². The summed E-state index contributed by atoms with van der Waals surface area (Å²) >= 11 is 4.97. The van der Waals surface area contributed by atoms with E-state index in [9.17, 15) is 4.79 Å². The molecule has 4 rings (SSSR count). The molecule has 2 heterocycles. The van der Waals surface area contributed by atoms with Crippen molar-refractivity contribution in [2.24, 2.45) is 0 Å². The number of fused-ring (bicyclic) bond motifs is 1. The van der Waals surface area contributed by atoms with E-state index in [-0.39, 0.29) is 11.0 Å². The first-order valence-electron chi connectivity index (χ1n) is 8.89. The molecule has 4 aromatic rings. The minimum atomic E-state index is -0.169. The van der Waals surface area contributed by atoms with Gasteiger partial charge in [-0.05, 0) is 43.7 Å². The summed E-state index contributed by atoms with van der Waals surface area (Å²) in [6.07, 6.45) is 3.67. The third-order valence-electron chi connectivity index (χ3n) is 4.60.